The van der Waals surface area contributed by atoms with Crippen LogP contribution < -0.4 is 0 Å². The van der Waals surface area contributed by atoms with Gasteiger partial charge in [-0.2, -0.15) is 0 Å². The van der Waals surface area contributed by atoms with Crippen LogP contribution in [0, 0.1) is 13.8 Å². The van der Waals surface area contributed by atoms with Gasteiger partial charge in [-0.1, -0.05) is 64.1 Å². The molecular weight excluding hydrogens is 331 g/mol. The van der Waals surface area contributed by atoms with E-state index in [1.165, 1.54) is 12.1 Å². The van der Waals surface area contributed by atoms with Crippen LogP contribution >= 0.6 is 34.8 Å². The first kappa shape index (κ1) is 16.2. The zero-order chi connectivity index (χ0) is 15.6. The summed E-state index contributed by atoms with van der Waals surface area (Å²) < 4.78 is 5.27. The predicted molar refractivity (Wildman–Crippen MR) is 86.5 cm³/mol. The SMILES string of the molecule is Cc1cc(C)cc(COC(=O)c2cc(Cl)cc(Cl)c2Cl)c1. The summed E-state index contributed by atoms with van der Waals surface area (Å²) in [6, 6.07) is 8.91. The van der Waals surface area contributed by atoms with Crippen LogP contribution in [0.4, 0.5) is 0 Å². The fourth-order valence-corrected chi connectivity index (χ4v) is 2.76. The molecule has 2 nitrogen and oxygen atoms in total. The number of carbonyl (C=O) groups excluding carboxylic acids is 1. The number of ether oxygens (including phenoxy) is 1. The van der Waals surface area contributed by atoms with Gasteiger partial charge in [-0.15, -0.1) is 0 Å². The van der Waals surface area contributed by atoms with Gasteiger partial charge in [0.2, 0.25) is 0 Å². The van der Waals surface area contributed by atoms with Gasteiger partial charge in [0, 0.05) is 5.02 Å². The highest BCUT2D eigenvalue weighted by Gasteiger charge is 2.16. The molecule has 0 aromatic heterocycles. The first-order valence-corrected chi connectivity index (χ1v) is 7.39. The number of rotatable bonds is 3. The van der Waals surface area contributed by atoms with Gasteiger partial charge in [-0.05, 0) is 31.5 Å². The Balaban J connectivity index is 2.15. The second kappa shape index (κ2) is 6.69. The molecule has 0 spiro atoms. The normalized spacial score (nSPS) is 10.5. The molecule has 0 amide bonds. The molecule has 0 fully saturated rings. The Morgan fingerprint density at radius 1 is 1.00 bits per heavy atom. The molecule has 0 N–H and O–H groups in total. The summed E-state index contributed by atoms with van der Waals surface area (Å²) in [5.74, 6) is -0.552. The minimum atomic E-state index is -0.552. The van der Waals surface area contributed by atoms with E-state index in [1.807, 2.05) is 26.0 Å². The van der Waals surface area contributed by atoms with Gasteiger partial charge < -0.3 is 4.74 Å². The number of aryl methyl sites for hydroxylation is 2. The van der Waals surface area contributed by atoms with Crippen molar-refractivity contribution < 1.29 is 9.53 Å². The Kier molecular flexibility index (Phi) is 5.15. The average Bonchev–Trinajstić information content (AvgIpc) is 2.39. The minimum absolute atomic E-state index is 0.145. The molecule has 110 valence electrons. The maximum atomic E-state index is 12.1. The summed E-state index contributed by atoms with van der Waals surface area (Å²) in [5.41, 5.74) is 3.32. The summed E-state index contributed by atoms with van der Waals surface area (Å²) in [6.45, 7) is 4.15. The number of carbonyl (C=O) groups is 1. The molecular formula is C16H13Cl3O2. The van der Waals surface area contributed by atoms with E-state index in [4.69, 9.17) is 39.5 Å². The van der Waals surface area contributed by atoms with E-state index in [0.29, 0.717) is 5.02 Å². The fourth-order valence-electron chi connectivity index (χ4n) is 2.08. The van der Waals surface area contributed by atoms with E-state index in [0.717, 1.165) is 16.7 Å². The van der Waals surface area contributed by atoms with Crippen molar-refractivity contribution >= 4 is 40.8 Å². The van der Waals surface area contributed by atoms with Crippen molar-refractivity contribution in [1.29, 1.82) is 0 Å². The average molecular weight is 344 g/mol. The number of hydrogen-bond acceptors (Lipinski definition) is 2. The second-order valence-electron chi connectivity index (χ2n) is 4.82. The molecule has 2 aromatic rings. The molecule has 21 heavy (non-hydrogen) atoms. The van der Waals surface area contributed by atoms with Gasteiger partial charge in [-0.25, -0.2) is 4.79 Å². The summed E-state index contributed by atoms with van der Waals surface area (Å²) in [6.07, 6.45) is 0. The highest BCUT2D eigenvalue weighted by Crippen LogP contribution is 2.30. The van der Waals surface area contributed by atoms with Crippen LogP contribution in [0.3, 0.4) is 0 Å². The molecule has 2 rings (SSSR count). The molecule has 0 bridgehead atoms. The van der Waals surface area contributed by atoms with Crippen molar-refractivity contribution in [3.63, 3.8) is 0 Å². The summed E-state index contributed by atoms with van der Waals surface area (Å²) >= 11 is 17.8. The van der Waals surface area contributed by atoms with E-state index in [-0.39, 0.29) is 22.2 Å². The lowest BCUT2D eigenvalue weighted by molar-refractivity contribution is 0.0473. The lowest BCUT2D eigenvalue weighted by Gasteiger charge is -2.09. The van der Waals surface area contributed by atoms with E-state index in [1.54, 1.807) is 0 Å². The van der Waals surface area contributed by atoms with Crippen LogP contribution in [0.15, 0.2) is 30.3 Å². The molecule has 0 heterocycles. The Hall–Kier alpha value is -1.22. The molecule has 2 aromatic carbocycles. The molecule has 0 aliphatic heterocycles. The molecule has 0 aliphatic carbocycles. The quantitative estimate of drug-likeness (QED) is 0.534. The largest absolute Gasteiger partial charge is 0.457 e. The third-order valence-electron chi connectivity index (χ3n) is 2.86. The molecule has 0 atom stereocenters. The molecule has 0 unspecified atom stereocenters. The summed E-state index contributed by atoms with van der Waals surface area (Å²) in [7, 11) is 0. The van der Waals surface area contributed by atoms with Crippen molar-refractivity contribution in [2.45, 2.75) is 20.5 Å². The summed E-state index contributed by atoms with van der Waals surface area (Å²) in [5, 5.41) is 0.705. The van der Waals surface area contributed by atoms with Crippen LogP contribution in [0.5, 0.6) is 0 Å². The van der Waals surface area contributed by atoms with Crippen LogP contribution in [0.1, 0.15) is 27.0 Å². The van der Waals surface area contributed by atoms with Crippen molar-refractivity contribution in [1.82, 2.24) is 0 Å². The molecule has 0 aliphatic rings. The first-order valence-electron chi connectivity index (χ1n) is 6.25. The Labute approximate surface area is 138 Å². The number of benzene rings is 2. The van der Waals surface area contributed by atoms with Crippen LogP contribution in [-0.4, -0.2) is 5.97 Å². The highest BCUT2D eigenvalue weighted by atomic mass is 35.5. The zero-order valence-electron chi connectivity index (χ0n) is 11.5. The van der Waals surface area contributed by atoms with E-state index < -0.39 is 5.97 Å². The fraction of sp³-hybridized carbons (Fsp3) is 0.188. The minimum Gasteiger partial charge on any atom is -0.457 e. The summed E-state index contributed by atoms with van der Waals surface area (Å²) in [4.78, 5) is 12.1. The molecule has 5 heteroatoms. The lowest BCUT2D eigenvalue weighted by Crippen LogP contribution is -2.06. The standard InChI is InChI=1S/C16H13Cl3O2/c1-9-3-10(2)5-11(4-9)8-21-16(20)13-6-12(17)7-14(18)15(13)19/h3-7H,8H2,1-2H3. The van der Waals surface area contributed by atoms with Gasteiger partial charge in [0.1, 0.15) is 6.61 Å². The maximum Gasteiger partial charge on any atom is 0.340 e. The van der Waals surface area contributed by atoms with Crippen molar-refractivity contribution in [2.75, 3.05) is 0 Å². The van der Waals surface area contributed by atoms with Gasteiger partial charge in [-0.3, -0.25) is 0 Å². The van der Waals surface area contributed by atoms with Gasteiger partial charge in [0.05, 0.1) is 15.6 Å². The van der Waals surface area contributed by atoms with Gasteiger partial charge in [0.25, 0.3) is 0 Å². The number of halogens is 3. The number of esters is 1. The van der Waals surface area contributed by atoms with E-state index >= 15 is 0 Å². The van der Waals surface area contributed by atoms with Gasteiger partial charge >= 0.3 is 5.97 Å². The topological polar surface area (TPSA) is 26.3 Å². The van der Waals surface area contributed by atoms with Crippen LogP contribution in [0.25, 0.3) is 0 Å². The smallest absolute Gasteiger partial charge is 0.340 e. The molecule has 0 radical (unpaired) electrons. The van der Waals surface area contributed by atoms with Gasteiger partial charge in [0.15, 0.2) is 0 Å². The highest BCUT2D eigenvalue weighted by molar-refractivity contribution is 6.45. The Morgan fingerprint density at radius 3 is 2.24 bits per heavy atom. The van der Waals surface area contributed by atoms with Crippen molar-refractivity contribution in [2.24, 2.45) is 0 Å². The Bertz CT molecular complexity index is 676. The second-order valence-corrected chi connectivity index (χ2v) is 6.04. The third kappa shape index (κ3) is 4.13. The predicted octanol–water partition coefficient (Wildman–Crippen LogP) is 5.62. The van der Waals surface area contributed by atoms with E-state index in [9.17, 15) is 4.79 Å². The Morgan fingerprint density at radius 2 is 1.62 bits per heavy atom. The zero-order valence-corrected chi connectivity index (χ0v) is 13.8. The maximum absolute atomic E-state index is 12.1. The molecule has 0 saturated heterocycles. The van der Waals surface area contributed by atoms with E-state index in [2.05, 4.69) is 6.07 Å². The van der Waals surface area contributed by atoms with Crippen LogP contribution in [-0.2, 0) is 11.3 Å². The van der Waals surface area contributed by atoms with Crippen molar-refractivity contribution in [3.05, 3.63) is 67.7 Å². The lowest BCUT2D eigenvalue weighted by atomic mass is 10.1. The van der Waals surface area contributed by atoms with Crippen molar-refractivity contribution in [3.8, 4) is 0 Å². The molecule has 0 saturated carbocycles. The number of hydrogen-bond donors (Lipinski definition) is 0. The monoisotopic (exact) mass is 342 g/mol. The first-order chi connectivity index (χ1) is 9.86. The van der Waals surface area contributed by atoms with Crippen LogP contribution in [0.2, 0.25) is 15.1 Å². The third-order valence-corrected chi connectivity index (χ3v) is 3.88.